The van der Waals surface area contributed by atoms with Gasteiger partial charge in [-0.2, -0.15) is 0 Å². The van der Waals surface area contributed by atoms with E-state index in [2.05, 4.69) is 0 Å². The molecule has 1 aromatic carbocycles. The lowest BCUT2D eigenvalue weighted by atomic mass is 10.1. The lowest BCUT2D eigenvalue weighted by Gasteiger charge is -2.32. The zero-order valence-electron chi connectivity index (χ0n) is 14.6. The van der Waals surface area contributed by atoms with Crippen LogP contribution in [0.2, 0.25) is 0 Å². The van der Waals surface area contributed by atoms with Crippen molar-refractivity contribution in [3.63, 3.8) is 0 Å². The molecule has 1 aromatic rings. The van der Waals surface area contributed by atoms with E-state index in [1.165, 1.54) is 0 Å². The van der Waals surface area contributed by atoms with Crippen LogP contribution < -0.4 is 10.5 Å². The average Bonchev–Trinajstić information content (AvgIpc) is 3.13. The SMILES string of the molecule is C[C@@H]1OC(=O)[C@@H](N)COC[C@H](Oc2ccccc2)[C@H]1OC1CCCC1. The number of nitrogens with two attached hydrogens (primary N) is 1. The molecule has 138 valence electrons. The van der Waals surface area contributed by atoms with Crippen LogP contribution in [-0.4, -0.2) is 49.6 Å². The molecule has 0 spiro atoms. The van der Waals surface area contributed by atoms with Gasteiger partial charge in [0.2, 0.25) is 0 Å². The molecule has 6 heteroatoms. The first-order valence-electron chi connectivity index (χ1n) is 9.04. The van der Waals surface area contributed by atoms with Gasteiger partial charge < -0.3 is 24.7 Å². The summed E-state index contributed by atoms with van der Waals surface area (Å²) in [5.74, 6) is 0.270. The minimum absolute atomic E-state index is 0.107. The minimum Gasteiger partial charge on any atom is -0.485 e. The van der Waals surface area contributed by atoms with E-state index in [9.17, 15) is 4.79 Å². The summed E-state index contributed by atoms with van der Waals surface area (Å²) in [4.78, 5) is 12.1. The molecule has 0 aromatic heterocycles. The Morgan fingerprint density at radius 2 is 1.84 bits per heavy atom. The van der Waals surface area contributed by atoms with Gasteiger partial charge in [0.1, 0.15) is 24.0 Å². The number of benzene rings is 1. The van der Waals surface area contributed by atoms with E-state index < -0.39 is 24.2 Å². The van der Waals surface area contributed by atoms with Crippen molar-refractivity contribution < 1.29 is 23.7 Å². The highest BCUT2D eigenvalue weighted by Gasteiger charge is 2.37. The highest BCUT2D eigenvalue weighted by molar-refractivity contribution is 5.75. The van der Waals surface area contributed by atoms with Crippen molar-refractivity contribution >= 4 is 5.97 Å². The Balaban J connectivity index is 1.78. The van der Waals surface area contributed by atoms with E-state index in [4.69, 9.17) is 24.7 Å². The number of hydrogen-bond donors (Lipinski definition) is 1. The van der Waals surface area contributed by atoms with Gasteiger partial charge in [0.15, 0.2) is 6.10 Å². The summed E-state index contributed by atoms with van der Waals surface area (Å²) in [5, 5.41) is 0. The zero-order valence-corrected chi connectivity index (χ0v) is 14.6. The van der Waals surface area contributed by atoms with E-state index in [1.54, 1.807) is 0 Å². The maximum atomic E-state index is 12.1. The summed E-state index contributed by atoms with van der Waals surface area (Å²) in [6.45, 7) is 2.23. The molecule has 3 rings (SSSR count). The van der Waals surface area contributed by atoms with Crippen molar-refractivity contribution in [3.8, 4) is 5.75 Å². The highest BCUT2D eigenvalue weighted by atomic mass is 16.6. The zero-order chi connectivity index (χ0) is 17.6. The second-order valence-corrected chi connectivity index (χ2v) is 6.76. The van der Waals surface area contributed by atoms with E-state index in [1.807, 2.05) is 37.3 Å². The number of cyclic esters (lactones) is 1. The summed E-state index contributed by atoms with van der Waals surface area (Å²) in [7, 11) is 0. The lowest BCUT2D eigenvalue weighted by Crippen LogP contribution is -2.47. The van der Waals surface area contributed by atoms with Crippen molar-refractivity contribution in [2.24, 2.45) is 5.73 Å². The van der Waals surface area contributed by atoms with Crippen LogP contribution in [0.5, 0.6) is 5.75 Å². The fourth-order valence-corrected chi connectivity index (χ4v) is 3.33. The molecule has 1 aliphatic heterocycles. The Bertz CT molecular complexity index is 546. The maximum absolute atomic E-state index is 12.1. The van der Waals surface area contributed by atoms with E-state index in [0.29, 0.717) is 6.61 Å². The fourth-order valence-electron chi connectivity index (χ4n) is 3.33. The number of para-hydroxylation sites is 1. The van der Waals surface area contributed by atoms with Crippen LogP contribution >= 0.6 is 0 Å². The van der Waals surface area contributed by atoms with Crippen LogP contribution in [0, 0.1) is 0 Å². The van der Waals surface area contributed by atoms with Gasteiger partial charge in [-0.1, -0.05) is 31.0 Å². The lowest BCUT2D eigenvalue weighted by molar-refractivity contribution is -0.167. The van der Waals surface area contributed by atoms with Crippen LogP contribution in [0.4, 0.5) is 0 Å². The molecule has 2 N–H and O–H groups in total. The predicted octanol–water partition coefficient (Wildman–Crippen LogP) is 2.05. The quantitative estimate of drug-likeness (QED) is 0.838. The van der Waals surface area contributed by atoms with Gasteiger partial charge in [-0.3, -0.25) is 4.79 Å². The molecule has 0 unspecified atom stereocenters. The van der Waals surface area contributed by atoms with Gasteiger partial charge in [-0.15, -0.1) is 0 Å². The molecule has 0 bridgehead atoms. The van der Waals surface area contributed by atoms with Gasteiger partial charge in [0.25, 0.3) is 0 Å². The van der Waals surface area contributed by atoms with Gasteiger partial charge in [0.05, 0.1) is 19.3 Å². The van der Waals surface area contributed by atoms with Gasteiger partial charge in [0, 0.05) is 0 Å². The van der Waals surface area contributed by atoms with Crippen LogP contribution in [0.15, 0.2) is 30.3 Å². The molecule has 1 saturated carbocycles. The first-order valence-corrected chi connectivity index (χ1v) is 9.04. The molecular formula is C19H27NO5. The molecule has 1 heterocycles. The highest BCUT2D eigenvalue weighted by Crippen LogP contribution is 2.27. The molecule has 2 aliphatic rings. The Kier molecular flexibility index (Phi) is 6.29. The third-order valence-corrected chi connectivity index (χ3v) is 4.70. The van der Waals surface area contributed by atoms with Crippen LogP contribution in [0.1, 0.15) is 32.6 Å². The normalized spacial score (nSPS) is 31.7. The number of esters is 1. The van der Waals surface area contributed by atoms with E-state index >= 15 is 0 Å². The van der Waals surface area contributed by atoms with Crippen molar-refractivity contribution in [2.45, 2.75) is 63.1 Å². The Morgan fingerprint density at radius 1 is 1.12 bits per heavy atom. The Labute approximate surface area is 148 Å². The molecule has 4 atom stereocenters. The number of hydrogen-bond acceptors (Lipinski definition) is 6. The third kappa shape index (κ3) is 4.93. The van der Waals surface area contributed by atoms with Crippen LogP contribution in [0.3, 0.4) is 0 Å². The van der Waals surface area contributed by atoms with Crippen molar-refractivity contribution in [2.75, 3.05) is 13.2 Å². The molecule has 0 amide bonds. The predicted molar refractivity (Wildman–Crippen MR) is 92.3 cm³/mol. The largest absolute Gasteiger partial charge is 0.485 e. The molecule has 25 heavy (non-hydrogen) atoms. The molecule has 1 saturated heterocycles. The fraction of sp³-hybridized carbons (Fsp3) is 0.632. The summed E-state index contributed by atoms with van der Waals surface area (Å²) < 4.78 is 23.6. The Morgan fingerprint density at radius 3 is 2.56 bits per heavy atom. The van der Waals surface area contributed by atoms with Gasteiger partial charge >= 0.3 is 5.97 Å². The molecular weight excluding hydrogens is 322 g/mol. The van der Waals surface area contributed by atoms with E-state index in [0.717, 1.165) is 31.4 Å². The van der Waals surface area contributed by atoms with Crippen molar-refractivity contribution in [3.05, 3.63) is 30.3 Å². The van der Waals surface area contributed by atoms with Gasteiger partial charge in [-0.05, 0) is 31.9 Å². The minimum atomic E-state index is -0.787. The smallest absolute Gasteiger partial charge is 0.325 e. The first kappa shape index (κ1) is 18.2. The van der Waals surface area contributed by atoms with Gasteiger partial charge in [-0.25, -0.2) is 0 Å². The average molecular weight is 349 g/mol. The number of rotatable bonds is 4. The van der Waals surface area contributed by atoms with Crippen molar-refractivity contribution in [1.82, 2.24) is 0 Å². The number of ether oxygens (including phenoxy) is 4. The Hall–Kier alpha value is -1.63. The molecule has 6 nitrogen and oxygen atoms in total. The third-order valence-electron chi connectivity index (χ3n) is 4.70. The maximum Gasteiger partial charge on any atom is 0.325 e. The second kappa shape index (κ2) is 8.65. The summed E-state index contributed by atoms with van der Waals surface area (Å²) in [6, 6.07) is 8.76. The molecule has 2 fully saturated rings. The number of carbonyl (C=O) groups is 1. The molecule has 0 radical (unpaired) electrons. The van der Waals surface area contributed by atoms with Crippen LogP contribution in [0.25, 0.3) is 0 Å². The first-order chi connectivity index (χ1) is 12.1. The van der Waals surface area contributed by atoms with Crippen molar-refractivity contribution in [1.29, 1.82) is 0 Å². The van der Waals surface area contributed by atoms with Crippen LogP contribution in [-0.2, 0) is 19.0 Å². The summed E-state index contributed by atoms with van der Waals surface area (Å²) in [6.07, 6.45) is 3.30. The second-order valence-electron chi connectivity index (χ2n) is 6.76. The summed E-state index contributed by atoms with van der Waals surface area (Å²) in [5.41, 5.74) is 5.81. The van der Waals surface area contributed by atoms with E-state index in [-0.39, 0.29) is 18.8 Å². The molecule has 1 aliphatic carbocycles. The standard InChI is InChI=1S/C19H27NO5/c1-13-18(25-15-9-5-6-10-15)17(24-14-7-3-2-4-8-14)12-22-11-16(20)19(21)23-13/h2-4,7-8,13,15-18H,5-6,9-12,20H2,1H3/t13-,16-,17-,18-/m0/s1. The summed E-state index contributed by atoms with van der Waals surface area (Å²) >= 11 is 0. The topological polar surface area (TPSA) is 80.0 Å². The monoisotopic (exact) mass is 349 g/mol. The number of carbonyl (C=O) groups excluding carboxylic acids is 1.